The smallest absolute Gasteiger partial charge is 0.331 e. The molecule has 1 aromatic heterocycles. The number of carbonyl (C=O) groups excluding carboxylic acids is 2. The molecule has 0 bridgehead atoms. The number of anilines is 1. The Kier molecular flexibility index (Phi) is 2.55. The van der Waals surface area contributed by atoms with Crippen molar-refractivity contribution in [3.63, 3.8) is 0 Å². The molecule has 0 unspecified atom stereocenters. The van der Waals surface area contributed by atoms with E-state index in [1.807, 2.05) is 11.4 Å². The Labute approximate surface area is 90.6 Å². The molecule has 1 amide bonds. The topological polar surface area (TPSA) is 55.4 Å². The van der Waals surface area contributed by atoms with E-state index in [-0.39, 0.29) is 5.91 Å². The lowest BCUT2D eigenvalue weighted by Gasteiger charge is -1.97. The zero-order chi connectivity index (χ0) is 10.8. The third-order valence-electron chi connectivity index (χ3n) is 1.98. The highest BCUT2D eigenvalue weighted by atomic mass is 32.1. The molecule has 0 atom stereocenters. The third-order valence-corrected chi connectivity index (χ3v) is 2.81. The van der Waals surface area contributed by atoms with E-state index >= 15 is 0 Å². The highest BCUT2D eigenvalue weighted by Crippen LogP contribution is 2.35. The number of hydrogen-bond donors (Lipinski definition) is 1. The molecule has 1 aliphatic rings. The largest absolute Gasteiger partial charge is 0.463 e. The summed E-state index contributed by atoms with van der Waals surface area (Å²) in [4.78, 5) is 22.7. The number of fused-ring (bicyclic) bond motifs is 1. The Morgan fingerprint density at radius 3 is 3.20 bits per heavy atom. The minimum absolute atomic E-state index is 0.245. The highest BCUT2D eigenvalue weighted by molar-refractivity contribution is 7.15. The molecule has 1 aromatic rings. The van der Waals surface area contributed by atoms with Crippen LogP contribution in [0.5, 0.6) is 0 Å². The van der Waals surface area contributed by atoms with Crippen LogP contribution in [-0.4, -0.2) is 18.5 Å². The van der Waals surface area contributed by atoms with Crippen molar-refractivity contribution in [2.75, 3.05) is 11.9 Å². The van der Waals surface area contributed by atoms with Crippen LogP contribution in [0.1, 0.15) is 12.5 Å². The molecule has 78 valence electrons. The van der Waals surface area contributed by atoms with Crippen molar-refractivity contribution in [3.8, 4) is 0 Å². The molecule has 0 spiro atoms. The summed E-state index contributed by atoms with van der Waals surface area (Å²) in [6.07, 6.45) is 1.23. The van der Waals surface area contributed by atoms with Crippen LogP contribution in [-0.2, 0) is 14.3 Å². The maximum Gasteiger partial charge on any atom is 0.331 e. The van der Waals surface area contributed by atoms with Crippen molar-refractivity contribution in [1.29, 1.82) is 0 Å². The molecule has 0 saturated carbocycles. The van der Waals surface area contributed by atoms with Crippen molar-refractivity contribution in [3.05, 3.63) is 23.1 Å². The molecule has 2 rings (SSSR count). The van der Waals surface area contributed by atoms with Crippen LogP contribution in [0.4, 0.5) is 5.00 Å². The van der Waals surface area contributed by atoms with Gasteiger partial charge in [0.1, 0.15) is 5.00 Å². The summed E-state index contributed by atoms with van der Waals surface area (Å²) in [7, 11) is 0. The minimum Gasteiger partial charge on any atom is -0.463 e. The number of nitrogens with one attached hydrogen (secondary N) is 1. The normalized spacial score (nSPS) is 16.3. The summed E-state index contributed by atoms with van der Waals surface area (Å²) < 4.78 is 4.75. The van der Waals surface area contributed by atoms with Gasteiger partial charge in [0, 0.05) is 11.6 Å². The zero-order valence-corrected chi connectivity index (χ0v) is 8.89. The molecular weight excluding hydrogens is 214 g/mol. The van der Waals surface area contributed by atoms with Crippen LogP contribution >= 0.6 is 11.3 Å². The van der Waals surface area contributed by atoms with Gasteiger partial charge in [-0.25, -0.2) is 4.79 Å². The Bertz CT molecular complexity index is 447. The summed E-state index contributed by atoms with van der Waals surface area (Å²) in [6, 6.07) is 1.81. The molecule has 0 aromatic carbocycles. The van der Waals surface area contributed by atoms with Crippen molar-refractivity contribution >= 4 is 33.8 Å². The van der Waals surface area contributed by atoms with Crippen molar-refractivity contribution in [1.82, 2.24) is 0 Å². The first-order chi connectivity index (χ1) is 7.22. The molecule has 0 aliphatic carbocycles. The van der Waals surface area contributed by atoms with E-state index in [2.05, 4.69) is 5.32 Å². The molecular formula is C10H9NO3S. The fourth-order valence-electron chi connectivity index (χ4n) is 1.36. The number of ether oxygens (including phenoxy) is 1. The summed E-state index contributed by atoms with van der Waals surface area (Å²) in [5, 5.41) is 5.33. The van der Waals surface area contributed by atoms with Gasteiger partial charge >= 0.3 is 5.97 Å². The second-order valence-corrected chi connectivity index (χ2v) is 3.84. The number of amides is 1. The van der Waals surface area contributed by atoms with Crippen LogP contribution < -0.4 is 5.32 Å². The van der Waals surface area contributed by atoms with E-state index in [9.17, 15) is 9.59 Å². The van der Waals surface area contributed by atoms with Gasteiger partial charge in [0.05, 0.1) is 12.2 Å². The molecule has 0 radical (unpaired) electrons. The standard InChI is InChI=1S/C10H9NO3S/c1-2-14-8(12)5-7-6-3-4-15-10(6)11-9(7)13/h3-5H,2H2,1H3,(H,11,13)/b7-5+. The fraction of sp³-hybridized carbons (Fsp3) is 0.200. The number of carbonyl (C=O) groups is 2. The van der Waals surface area contributed by atoms with E-state index in [0.717, 1.165) is 10.6 Å². The molecule has 15 heavy (non-hydrogen) atoms. The van der Waals surface area contributed by atoms with Crippen molar-refractivity contribution in [2.24, 2.45) is 0 Å². The van der Waals surface area contributed by atoms with Crippen molar-refractivity contribution in [2.45, 2.75) is 6.92 Å². The quantitative estimate of drug-likeness (QED) is 0.612. The van der Waals surface area contributed by atoms with Crippen LogP contribution in [0.2, 0.25) is 0 Å². The second kappa shape index (κ2) is 3.86. The van der Waals surface area contributed by atoms with E-state index < -0.39 is 5.97 Å². The van der Waals surface area contributed by atoms with Crippen LogP contribution in [0.15, 0.2) is 17.5 Å². The highest BCUT2D eigenvalue weighted by Gasteiger charge is 2.25. The number of esters is 1. The zero-order valence-electron chi connectivity index (χ0n) is 8.07. The predicted octanol–water partition coefficient (Wildman–Crippen LogP) is 1.65. The summed E-state index contributed by atoms with van der Waals surface area (Å²) in [5.41, 5.74) is 1.16. The molecule has 0 saturated heterocycles. The first kappa shape index (κ1) is 9.92. The molecule has 2 heterocycles. The van der Waals surface area contributed by atoms with Gasteiger partial charge in [-0.15, -0.1) is 11.3 Å². The Hall–Kier alpha value is -1.62. The maximum absolute atomic E-state index is 11.5. The van der Waals surface area contributed by atoms with E-state index in [1.165, 1.54) is 17.4 Å². The second-order valence-electron chi connectivity index (χ2n) is 2.93. The first-order valence-corrected chi connectivity index (χ1v) is 5.38. The SMILES string of the molecule is CCOC(=O)/C=C1/C(=O)Nc2sccc21. The Balaban J connectivity index is 2.30. The van der Waals surface area contributed by atoms with Crippen molar-refractivity contribution < 1.29 is 14.3 Å². The molecule has 4 nitrogen and oxygen atoms in total. The van der Waals surface area contributed by atoms with Gasteiger partial charge in [-0.1, -0.05) is 0 Å². The van der Waals surface area contributed by atoms with Crippen LogP contribution in [0, 0.1) is 0 Å². The molecule has 1 N–H and O–H groups in total. The average Bonchev–Trinajstić information content (AvgIpc) is 2.71. The predicted molar refractivity (Wildman–Crippen MR) is 57.6 cm³/mol. The fourth-order valence-corrected chi connectivity index (χ4v) is 2.15. The van der Waals surface area contributed by atoms with Gasteiger partial charge in [0.25, 0.3) is 5.91 Å². The van der Waals surface area contributed by atoms with Gasteiger partial charge in [-0.05, 0) is 18.4 Å². The monoisotopic (exact) mass is 223 g/mol. The summed E-state index contributed by atoms with van der Waals surface area (Å²) in [5.74, 6) is -0.730. The van der Waals surface area contributed by atoms with Gasteiger partial charge in [-0.3, -0.25) is 4.79 Å². The maximum atomic E-state index is 11.5. The Morgan fingerprint density at radius 2 is 2.47 bits per heavy atom. The van der Waals surface area contributed by atoms with Gasteiger partial charge < -0.3 is 10.1 Å². The molecule has 1 aliphatic heterocycles. The van der Waals surface area contributed by atoms with Gasteiger partial charge in [0.2, 0.25) is 0 Å². The van der Waals surface area contributed by atoms with E-state index in [1.54, 1.807) is 6.92 Å². The molecule has 0 fully saturated rings. The number of rotatable bonds is 2. The van der Waals surface area contributed by atoms with Gasteiger partial charge in [-0.2, -0.15) is 0 Å². The Morgan fingerprint density at radius 1 is 1.67 bits per heavy atom. The minimum atomic E-state index is -0.485. The van der Waals surface area contributed by atoms with Gasteiger partial charge in [0.15, 0.2) is 0 Å². The van der Waals surface area contributed by atoms with Crippen LogP contribution in [0.25, 0.3) is 5.57 Å². The lowest BCUT2D eigenvalue weighted by atomic mass is 10.1. The van der Waals surface area contributed by atoms with E-state index in [0.29, 0.717) is 12.2 Å². The number of hydrogen-bond acceptors (Lipinski definition) is 4. The summed E-state index contributed by atoms with van der Waals surface area (Å²) >= 11 is 1.44. The molecule has 5 heteroatoms. The third kappa shape index (κ3) is 1.78. The first-order valence-electron chi connectivity index (χ1n) is 4.50. The lowest BCUT2D eigenvalue weighted by molar-refractivity contribution is -0.137. The number of thiophene rings is 1. The van der Waals surface area contributed by atoms with E-state index in [4.69, 9.17) is 4.74 Å². The average molecular weight is 223 g/mol. The summed E-state index contributed by atoms with van der Waals surface area (Å²) in [6.45, 7) is 2.03. The lowest BCUT2D eigenvalue weighted by Crippen LogP contribution is -2.07. The van der Waals surface area contributed by atoms with Crippen LogP contribution in [0.3, 0.4) is 0 Å².